The standard InChI is InChI=1S/C12H9NOS/c14-11(10-4-2-1-3-5-10)6-7-12-13-8-9-15-12/h1-9H/b7-6+. The Morgan fingerprint density at radius 1 is 1.27 bits per heavy atom. The van der Waals surface area contributed by atoms with E-state index in [1.165, 1.54) is 11.3 Å². The summed E-state index contributed by atoms with van der Waals surface area (Å²) in [7, 11) is 0. The predicted molar refractivity (Wildman–Crippen MR) is 61.9 cm³/mol. The lowest BCUT2D eigenvalue weighted by molar-refractivity contribution is 0.104. The molecule has 0 aliphatic heterocycles. The van der Waals surface area contributed by atoms with Crippen molar-refractivity contribution in [3.63, 3.8) is 0 Å². The maximum Gasteiger partial charge on any atom is 0.185 e. The SMILES string of the molecule is O=C(/C=C/c1nccs1)c1ccccc1. The Hall–Kier alpha value is -1.74. The van der Waals surface area contributed by atoms with Gasteiger partial charge in [-0.3, -0.25) is 4.79 Å². The minimum absolute atomic E-state index is 0.00537. The van der Waals surface area contributed by atoms with Crippen LogP contribution in [0.3, 0.4) is 0 Å². The van der Waals surface area contributed by atoms with Crippen molar-refractivity contribution in [3.8, 4) is 0 Å². The summed E-state index contributed by atoms with van der Waals surface area (Å²) in [5.74, 6) is 0.00537. The number of allylic oxidation sites excluding steroid dienone is 1. The second-order valence-electron chi connectivity index (χ2n) is 2.93. The highest BCUT2D eigenvalue weighted by Crippen LogP contribution is 2.07. The molecule has 1 heterocycles. The van der Waals surface area contributed by atoms with E-state index in [0.29, 0.717) is 5.56 Å². The van der Waals surface area contributed by atoms with E-state index in [1.54, 1.807) is 30.5 Å². The molecule has 1 aromatic carbocycles. The first kappa shape index (κ1) is 9.80. The van der Waals surface area contributed by atoms with E-state index in [9.17, 15) is 4.79 Å². The van der Waals surface area contributed by atoms with Gasteiger partial charge in [0.25, 0.3) is 0 Å². The highest BCUT2D eigenvalue weighted by molar-refractivity contribution is 7.10. The number of thiazole rings is 1. The Morgan fingerprint density at radius 2 is 2.07 bits per heavy atom. The van der Waals surface area contributed by atoms with Crippen molar-refractivity contribution in [2.24, 2.45) is 0 Å². The van der Waals surface area contributed by atoms with Crippen LogP contribution in [0.15, 0.2) is 48.0 Å². The summed E-state index contributed by atoms with van der Waals surface area (Å²) < 4.78 is 0. The zero-order valence-electron chi connectivity index (χ0n) is 7.96. The number of carbonyl (C=O) groups is 1. The summed E-state index contributed by atoms with van der Waals surface area (Å²) in [5, 5.41) is 2.73. The molecule has 0 atom stereocenters. The van der Waals surface area contributed by atoms with Crippen LogP contribution >= 0.6 is 11.3 Å². The van der Waals surface area contributed by atoms with Crippen molar-refractivity contribution >= 4 is 23.2 Å². The summed E-state index contributed by atoms with van der Waals surface area (Å²) in [6, 6.07) is 9.19. The largest absolute Gasteiger partial charge is 0.289 e. The van der Waals surface area contributed by atoms with E-state index in [0.717, 1.165) is 5.01 Å². The summed E-state index contributed by atoms with van der Waals surface area (Å²) in [6.07, 6.45) is 5.01. The number of ketones is 1. The van der Waals surface area contributed by atoms with E-state index < -0.39 is 0 Å². The van der Waals surface area contributed by atoms with Crippen LogP contribution in [0, 0.1) is 0 Å². The molecule has 3 heteroatoms. The van der Waals surface area contributed by atoms with Gasteiger partial charge in [0.1, 0.15) is 5.01 Å². The van der Waals surface area contributed by atoms with Gasteiger partial charge in [-0.25, -0.2) is 4.98 Å². The molecular weight excluding hydrogens is 206 g/mol. The normalized spacial score (nSPS) is 10.7. The number of nitrogens with zero attached hydrogens (tertiary/aromatic N) is 1. The number of hydrogen-bond acceptors (Lipinski definition) is 3. The zero-order valence-corrected chi connectivity index (χ0v) is 8.78. The van der Waals surface area contributed by atoms with Crippen LogP contribution in [0.2, 0.25) is 0 Å². The third-order valence-corrected chi connectivity index (χ3v) is 2.63. The van der Waals surface area contributed by atoms with E-state index in [1.807, 2.05) is 23.6 Å². The first-order valence-corrected chi connectivity index (χ1v) is 5.41. The van der Waals surface area contributed by atoms with Crippen molar-refractivity contribution in [2.45, 2.75) is 0 Å². The number of aromatic nitrogens is 1. The minimum Gasteiger partial charge on any atom is -0.289 e. The molecule has 0 fully saturated rings. The van der Waals surface area contributed by atoms with Gasteiger partial charge in [0.15, 0.2) is 5.78 Å². The molecule has 0 radical (unpaired) electrons. The predicted octanol–water partition coefficient (Wildman–Crippen LogP) is 3.04. The Bertz CT molecular complexity index is 460. The van der Waals surface area contributed by atoms with Crippen molar-refractivity contribution in [3.05, 3.63) is 58.6 Å². The van der Waals surface area contributed by atoms with Gasteiger partial charge in [-0.2, -0.15) is 0 Å². The van der Waals surface area contributed by atoms with Crippen molar-refractivity contribution < 1.29 is 4.79 Å². The third-order valence-electron chi connectivity index (χ3n) is 1.89. The van der Waals surface area contributed by atoms with Crippen LogP contribution in [0.4, 0.5) is 0 Å². The van der Waals surface area contributed by atoms with Crippen LogP contribution < -0.4 is 0 Å². The quantitative estimate of drug-likeness (QED) is 0.582. The smallest absolute Gasteiger partial charge is 0.185 e. The van der Waals surface area contributed by atoms with Crippen molar-refractivity contribution in [2.75, 3.05) is 0 Å². The fourth-order valence-corrected chi connectivity index (χ4v) is 1.69. The van der Waals surface area contributed by atoms with Gasteiger partial charge < -0.3 is 0 Å². The molecule has 0 aliphatic carbocycles. The Balaban J connectivity index is 2.11. The molecule has 0 spiro atoms. The van der Waals surface area contributed by atoms with E-state index in [4.69, 9.17) is 0 Å². The first-order chi connectivity index (χ1) is 7.36. The summed E-state index contributed by atoms with van der Waals surface area (Å²) in [4.78, 5) is 15.7. The molecule has 0 aliphatic rings. The summed E-state index contributed by atoms with van der Waals surface area (Å²) >= 11 is 1.51. The second-order valence-corrected chi connectivity index (χ2v) is 3.86. The maximum absolute atomic E-state index is 11.6. The molecule has 2 rings (SSSR count). The third kappa shape index (κ3) is 2.60. The van der Waals surface area contributed by atoms with E-state index in [-0.39, 0.29) is 5.78 Å². The van der Waals surface area contributed by atoms with Gasteiger partial charge in [0, 0.05) is 17.1 Å². The van der Waals surface area contributed by atoms with Crippen LogP contribution in [0.25, 0.3) is 6.08 Å². The number of hydrogen-bond donors (Lipinski definition) is 0. The molecule has 2 aromatic rings. The van der Waals surface area contributed by atoms with Gasteiger partial charge in [0.2, 0.25) is 0 Å². The van der Waals surface area contributed by atoms with Gasteiger partial charge in [-0.15, -0.1) is 11.3 Å². The lowest BCUT2D eigenvalue weighted by Crippen LogP contribution is -1.92. The molecular formula is C12H9NOS. The molecule has 0 unspecified atom stereocenters. The van der Waals surface area contributed by atoms with Crippen LogP contribution in [0.5, 0.6) is 0 Å². The highest BCUT2D eigenvalue weighted by Gasteiger charge is 1.99. The Labute approximate surface area is 91.9 Å². The molecule has 15 heavy (non-hydrogen) atoms. The number of benzene rings is 1. The van der Waals surface area contributed by atoms with Crippen LogP contribution in [-0.2, 0) is 0 Å². The summed E-state index contributed by atoms with van der Waals surface area (Å²) in [6.45, 7) is 0. The second kappa shape index (κ2) is 4.66. The van der Waals surface area contributed by atoms with Crippen LogP contribution in [-0.4, -0.2) is 10.8 Å². The molecule has 2 nitrogen and oxygen atoms in total. The number of carbonyl (C=O) groups excluding carboxylic acids is 1. The average Bonchev–Trinajstić information content (AvgIpc) is 2.80. The van der Waals surface area contributed by atoms with E-state index in [2.05, 4.69) is 4.98 Å². The van der Waals surface area contributed by atoms with Gasteiger partial charge >= 0.3 is 0 Å². The van der Waals surface area contributed by atoms with Crippen molar-refractivity contribution in [1.29, 1.82) is 0 Å². The highest BCUT2D eigenvalue weighted by atomic mass is 32.1. The molecule has 0 saturated heterocycles. The van der Waals surface area contributed by atoms with E-state index >= 15 is 0 Å². The Kier molecular flexibility index (Phi) is 3.05. The van der Waals surface area contributed by atoms with Gasteiger partial charge in [-0.1, -0.05) is 30.3 Å². The summed E-state index contributed by atoms with van der Waals surface area (Å²) in [5.41, 5.74) is 0.699. The minimum atomic E-state index is 0.00537. The van der Waals surface area contributed by atoms with Gasteiger partial charge in [0.05, 0.1) is 0 Å². The maximum atomic E-state index is 11.6. The zero-order chi connectivity index (χ0) is 10.5. The molecule has 0 bridgehead atoms. The fourth-order valence-electron chi connectivity index (χ4n) is 1.16. The monoisotopic (exact) mass is 215 g/mol. The average molecular weight is 215 g/mol. The lowest BCUT2D eigenvalue weighted by atomic mass is 10.1. The molecule has 0 saturated carbocycles. The molecule has 0 amide bonds. The van der Waals surface area contributed by atoms with Crippen LogP contribution in [0.1, 0.15) is 15.4 Å². The number of rotatable bonds is 3. The van der Waals surface area contributed by atoms with Crippen molar-refractivity contribution in [1.82, 2.24) is 4.98 Å². The topological polar surface area (TPSA) is 30.0 Å². The molecule has 74 valence electrons. The first-order valence-electron chi connectivity index (χ1n) is 4.53. The lowest BCUT2D eigenvalue weighted by Gasteiger charge is -1.92. The molecule has 1 aromatic heterocycles. The van der Waals surface area contributed by atoms with Gasteiger partial charge in [-0.05, 0) is 12.2 Å². The molecule has 0 N–H and O–H groups in total. The fraction of sp³-hybridized carbons (Fsp3) is 0. The Morgan fingerprint density at radius 3 is 2.73 bits per heavy atom.